The lowest BCUT2D eigenvalue weighted by Gasteiger charge is -1.98. The van der Waals surface area contributed by atoms with Crippen LogP contribution in [0.25, 0.3) is 11.0 Å². The maximum atomic E-state index is 12.9. The predicted octanol–water partition coefficient (Wildman–Crippen LogP) is 0.966. The summed E-state index contributed by atoms with van der Waals surface area (Å²) in [4.78, 5) is 7.07. The molecule has 0 atom stereocenters. The van der Waals surface area contributed by atoms with Gasteiger partial charge in [0.05, 0.1) is 17.6 Å². The Morgan fingerprint density at radius 3 is 2.76 bits per heavy atom. The highest BCUT2D eigenvalue weighted by atomic mass is 19.2. The molecule has 0 radical (unpaired) electrons. The summed E-state index contributed by atoms with van der Waals surface area (Å²) in [5.74, 6) is -1.12. The number of fused-ring (bicyclic) bond motifs is 1. The van der Waals surface area contributed by atoms with Gasteiger partial charge < -0.3 is 15.4 Å². The topological polar surface area (TPSA) is 60.9 Å². The average Bonchev–Trinajstić information content (AvgIpc) is 2.67. The lowest BCUT2D eigenvalue weighted by Crippen LogP contribution is -2.21. The zero-order valence-electron chi connectivity index (χ0n) is 9.13. The first kappa shape index (κ1) is 11.9. The lowest BCUT2D eigenvalue weighted by atomic mass is 10.3. The molecule has 0 aliphatic carbocycles. The molecule has 0 saturated carbocycles. The summed E-state index contributed by atoms with van der Waals surface area (Å²) in [5, 5.41) is 11.6. The Labute approximate surface area is 96.7 Å². The highest BCUT2D eigenvalue weighted by Gasteiger charge is 2.08. The van der Waals surface area contributed by atoms with Crippen molar-refractivity contribution < 1.29 is 13.9 Å². The molecule has 6 heteroatoms. The molecule has 1 heterocycles. The van der Waals surface area contributed by atoms with E-state index in [2.05, 4.69) is 15.3 Å². The van der Waals surface area contributed by atoms with E-state index in [0.29, 0.717) is 36.4 Å². The van der Waals surface area contributed by atoms with Gasteiger partial charge in [0, 0.05) is 31.6 Å². The molecule has 92 valence electrons. The highest BCUT2D eigenvalue weighted by molar-refractivity contribution is 5.75. The van der Waals surface area contributed by atoms with Crippen molar-refractivity contribution in [3.05, 3.63) is 29.6 Å². The van der Waals surface area contributed by atoms with Gasteiger partial charge in [-0.25, -0.2) is 13.8 Å². The first-order valence-electron chi connectivity index (χ1n) is 5.36. The van der Waals surface area contributed by atoms with Crippen molar-refractivity contribution in [3.8, 4) is 0 Å². The maximum Gasteiger partial charge on any atom is 0.161 e. The third-order valence-electron chi connectivity index (χ3n) is 2.40. The van der Waals surface area contributed by atoms with Crippen molar-refractivity contribution >= 4 is 11.0 Å². The number of aliphatic hydroxyl groups is 1. The third kappa shape index (κ3) is 2.78. The Kier molecular flexibility index (Phi) is 3.65. The van der Waals surface area contributed by atoms with Gasteiger partial charge in [0.15, 0.2) is 11.6 Å². The van der Waals surface area contributed by atoms with Crippen LogP contribution in [0.2, 0.25) is 0 Å². The third-order valence-corrected chi connectivity index (χ3v) is 2.40. The summed E-state index contributed by atoms with van der Waals surface area (Å²) in [5.41, 5.74) is 0.905. The van der Waals surface area contributed by atoms with Crippen molar-refractivity contribution in [2.75, 3.05) is 19.7 Å². The number of imidazole rings is 1. The van der Waals surface area contributed by atoms with Gasteiger partial charge in [0.2, 0.25) is 0 Å². The first-order chi connectivity index (χ1) is 8.20. The van der Waals surface area contributed by atoms with E-state index in [0.717, 1.165) is 12.1 Å². The fourth-order valence-corrected chi connectivity index (χ4v) is 1.59. The number of nitrogens with one attached hydrogen (secondary N) is 2. The smallest absolute Gasteiger partial charge is 0.161 e. The summed E-state index contributed by atoms with van der Waals surface area (Å²) in [6.45, 7) is 1.24. The molecule has 0 unspecified atom stereocenters. The van der Waals surface area contributed by atoms with E-state index in [4.69, 9.17) is 5.11 Å². The van der Waals surface area contributed by atoms with Crippen molar-refractivity contribution in [1.29, 1.82) is 0 Å². The van der Waals surface area contributed by atoms with Crippen LogP contribution in [0.3, 0.4) is 0 Å². The Morgan fingerprint density at radius 1 is 1.24 bits per heavy atom. The SMILES string of the molecule is OCCNCCc1nc2cc(F)c(F)cc2[nH]1. The lowest BCUT2D eigenvalue weighted by molar-refractivity contribution is 0.292. The van der Waals surface area contributed by atoms with E-state index >= 15 is 0 Å². The molecule has 0 bridgehead atoms. The van der Waals surface area contributed by atoms with E-state index in [1.807, 2.05) is 0 Å². The van der Waals surface area contributed by atoms with E-state index < -0.39 is 11.6 Å². The largest absolute Gasteiger partial charge is 0.395 e. The minimum absolute atomic E-state index is 0.0799. The standard InChI is InChI=1S/C11H13F2N3O/c12-7-5-9-10(6-8(7)13)16-11(15-9)1-2-14-3-4-17/h5-6,14,17H,1-4H2,(H,15,16). The van der Waals surface area contributed by atoms with E-state index in [9.17, 15) is 8.78 Å². The van der Waals surface area contributed by atoms with Gasteiger partial charge in [-0.3, -0.25) is 0 Å². The molecule has 0 fully saturated rings. The number of H-pyrrole nitrogens is 1. The second-order valence-corrected chi connectivity index (χ2v) is 3.69. The quantitative estimate of drug-likeness (QED) is 0.683. The Hall–Kier alpha value is -1.53. The number of aromatic amines is 1. The molecule has 17 heavy (non-hydrogen) atoms. The number of hydrogen-bond acceptors (Lipinski definition) is 3. The van der Waals surface area contributed by atoms with Gasteiger partial charge in [0.1, 0.15) is 5.82 Å². The average molecular weight is 241 g/mol. The summed E-state index contributed by atoms with van der Waals surface area (Å²) in [6.07, 6.45) is 0.609. The number of halogens is 2. The molecule has 0 aliphatic heterocycles. The molecule has 0 amide bonds. The zero-order chi connectivity index (χ0) is 12.3. The molecule has 3 N–H and O–H groups in total. The minimum atomic E-state index is -0.894. The number of nitrogens with zero attached hydrogens (tertiary/aromatic N) is 1. The van der Waals surface area contributed by atoms with E-state index in [1.165, 1.54) is 0 Å². The molecule has 4 nitrogen and oxygen atoms in total. The van der Waals surface area contributed by atoms with Gasteiger partial charge in [-0.05, 0) is 0 Å². The summed E-state index contributed by atoms with van der Waals surface area (Å²) >= 11 is 0. The van der Waals surface area contributed by atoms with E-state index in [-0.39, 0.29) is 6.61 Å². The van der Waals surface area contributed by atoms with E-state index in [1.54, 1.807) is 0 Å². The van der Waals surface area contributed by atoms with Crippen LogP contribution >= 0.6 is 0 Å². The number of aliphatic hydroxyl groups excluding tert-OH is 1. The predicted molar refractivity (Wildman–Crippen MR) is 59.7 cm³/mol. The van der Waals surface area contributed by atoms with Crippen LogP contribution in [-0.4, -0.2) is 34.8 Å². The number of aromatic nitrogens is 2. The Balaban J connectivity index is 2.09. The molecule has 1 aromatic heterocycles. The normalized spacial score (nSPS) is 11.2. The highest BCUT2D eigenvalue weighted by Crippen LogP contribution is 2.16. The Morgan fingerprint density at radius 2 is 2.00 bits per heavy atom. The molecule has 1 aromatic carbocycles. The second kappa shape index (κ2) is 5.20. The van der Waals surface area contributed by atoms with Gasteiger partial charge in [-0.2, -0.15) is 0 Å². The zero-order valence-corrected chi connectivity index (χ0v) is 9.13. The summed E-state index contributed by atoms with van der Waals surface area (Å²) in [7, 11) is 0. The molecular formula is C11H13F2N3O. The maximum absolute atomic E-state index is 12.9. The van der Waals surface area contributed by atoms with Crippen molar-refractivity contribution in [1.82, 2.24) is 15.3 Å². The van der Waals surface area contributed by atoms with Crippen LogP contribution < -0.4 is 5.32 Å². The molecule has 0 spiro atoms. The molecule has 2 aromatic rings. The summed E-state index contributed by atoms with van der Waals surface area (Å²) in [6, 6.07) is 2.17. The Bertz CT molecular complexity index is 474. The van der Waals surface area contributed by atoms with Gasteiger partial charge in [-0.1, -0.05) is 0 Å². The van der Waals surface area contributed by atoms with Crippen LogP contribution in [0.15, 0.2) is 12.1 Å². The molecule has 0 saturated heterocycles. The number of rotatable bonds is 5. The van der Waals surface area contributed by atoms with Crippen molar-refractivity contribution in [3.63, 3.8) is 0 Å². The summed E-state index contributed by atoms with van der Waals surface area (Å²) < 4.78 is 25.9. The minimum Gasteiger partial charge on any atom is -0.395 e. The van der Waals surface area contributed by atoms with Crippen LogP contribution in [0.5, 0.6) is 0 Å². The van der Waals surface area contributed by atoms with Crippen LogP contribution in [0.1, 0.15) is 5.82 Å². The molecular weight excluding hydrogens is 228 g/mol. The first-order valence-corrected chi connectivity index (χ1v) is 5.36. The van der Waals surface area contributed by atoms with Gasteiger partial charge >= 0.3 is 0 Å². The molecule has 2 rings (SSSR count). The monoisotopic (exact) mass is 241 g/mol. The molecule has 0 aliphatic rings. The van der Waals surface area contributed by atoms with Gasteiger partial charge in [0.25, 0.3) is 0 Å². The number of hydrogen-bond donors (Lipinski definition) is 3. The van der Waals surface area contributed by atoms with Crippen LogP contribution in [0.4, 0.5) is 8.78 Å². The van der Waals surface area contributed by atoms with Crippen LogP contribution in [-0.2, 0) is 6.42 Å². The second-order valence-electron chi connectivity index (χ2n) is 3.69. The fourth-order valence-electron chi connectivity index (χ4n) is 1.59. The van der Waals surface area contributed by atoms with Gasteiger partial charge in [-0.15, -0.1) is 0 Å². The van der Waals surface area contributed by atoms with Crippen LogP contribution in [0, 0.1) is 11.6 Å². The van der Waals surface area contributed by atoms with Crippen molar-refractivity contribution in [2.24, 2.45) is 0 Å². The fraction of sp³-hybridized carbons (Fsp3) is 0.364. The van der Waals surface area contributed by atoms with Crippen molar-refractivity contribution in [2.45, 2.75) is 6.42 Å². The number of benzene rings is 1.